The molecule has 0 aliphatic heterocycles. The summed E-state index contributed by atoms with van der Waals surface area (Å²) in [5, 5.41) is 0. The molecule has 0 amide bonds. The molecule has 0 heteroatoms. The Morgan fingerprint density at radius 1 is 0.583 bits per heavy atom. The van der Waals surface area contributed by atoms with Gasteiger partial charge in [0.1, 0.15) is 0 Å². The Morgan fingerprint density at radius 3 is 1.25 bits per heavy atom. The van der Waals surface area contributed by atoms with E-state index in [1.807, 2.05) is 0 Å². The van der Waals surface area contributed by atoms with Gasteiger partial charge in [-0.15, -0.1) is 6.58 Å². The molecule has 0 radical (unpaired) electrons. The van der Waals surface area contributed by atoms with Gasteiger partial charge in [-0.2, -0.15) is 0 Å². The van der Waals surface area contributed by atoms with Crippen LogP contribution in [0.3, 0.4) is 0 Å². The summed E-state index contributed by atoms with van der Waals surface area (Å²) < 4.78 is 0. The third-order valence-corrected chi connectivity index (χ3v) is 5.57. The van der Waals surface area contributed by atoms with E-state index in [0.29, 0.717) is 0 Å². The van der Waals surface area contributed by atoms with Gasteiger partial charge in [0.25, 0.3) is 0 Å². The number of hydrogen-bond acceptors (Lipinski definition) is 0. The Bertz CT molecular complexity index is 288. The van der Waals surface area contributed by atoms with Crippen LogP contribution in [0.15, 0.2) is 12.2 Å². The molecule has 144 valence electrons. The van der Waals surface area contributed by atoms with Gasteiger partial charge in [0.05, 0.1) is 0 Å². The lowest BCUT2D eigenvalue weighted by atomic mass is 9.90. The molecule has 0 heterocycles. The van der Waals surface area contributed by atoms with Crippen LogP contribution in [0.25, 0.3) is 0 Å². The van der Waals surface area contributed by atoms with E-state index in [1.165, 1.54) is 82.6 Å². The van der Waals surface area contributed by atoms with Crippen molar-refractivity contribution >= 4 is 0 Å². The fraction of sp³-hybridized carbons (Fsp3) is 0.917. The van der Waals surface area contributed by atoms with Gasteiger partial charge >= 0.3 is 0 Å². The van der Waals surface area contributed by atoms with Crippen LogP contribution in [0.4, 0.5) is 0 Å². The number of hydrogen-bond donors (Lipinski definition) is 0. The molecule has 3 unspecified atom stereocenters. The summed E-state index contributed by atoms with van der Waals surface area (Å²) in [6.07, 6.45) is 16.8. The summed E-state index contributed by atoms with van der Waals surface area (Å²) in [5.74, 6) is 3.64. The van der Waals surface area contributed by atoms with E-state index in [4.69, 9.17) is 0 Å². The maximum absolute atomic E-state index is 4.00. The molecule has 0 bridgehead atoms. The van der Waals surface area contributed by atoms with E-state index in [0.717, 1.165) is 23.7 Å². The van der Waals surface area contributed by atoms with E-state index >= 15 is 0 Å². The van der Waals surface area contributed by atoms with Crippen LogP contribution in [0, 0.1) is 23.7 Å². The molecule has 0 aliphatic rings. The summed E-state index contributed by atoms with van der Waals surface area (Å²) in [6.45, 7) is 18.2. The van der Waals surface area contributed by atoms with E-state index < -0.39 is 0 Å². The largest absolute Gasteiger partial charge is 0.100 e. The van der Waals surface area contributed by atoms with Gasteiger partial charge in [0, 0.05) is 0 Å². The number of allylic oxidation sites excluding steroid dienone is 1. The molecular weight excluding hydrogens is 288 g/mol. The fourth-order valence-electron chi connectivity index (χ4n) is 3.69. The molecule has 0 aromatic rings. The van der Waals surface area contributed by atoms with E-state index in [-0.39, 0.29) is 0 Å². The molecule has 0 aromatic carbocycles. The Hall–Kier alpha value is -0.260. The van der Waals surface area contributed by atoms with Crippen molar-refractivity contribution in [2.24, 2.45) is 23.7 Å². The van der Waals surface area contributed by atoms with Gasteiger partial charge in [-0.05, 0) is 43.4 Å². The average Bonchev–Trinajstić information content (AvgIpc) is 2.46. The zero-order valence-corrected chi connectivity index (χ0v) is 18.0. The van der Waals surface area contributed by atoms with E-state index in [2.05, 4.69) is 48.1 Å². The van der Waals surface area contributed by atoms with Crippen LogP contribution in [-0.4, -0.2) is 0 Å². The van der Waals surface area contributed by atoms with Crippen molar-refractivity contribution in [1.29, 1.82) is 0 Å². The van der Waals surface area contributed by atoms with Crippen molar-refractivity contribution in [3.05, 3.63) is 12.2 Å². The molecule has 0 rings (SSSR count). The van der Waals surface area contributed by atoms with Crippen molar-refractivity contribution in [3.63, 3.8) is 0 Å². The molecule has 0 spiro atoms. The lowest BCUT2D eigenvalue weighted by Crippen LogP contribution is -2.01. The van der Waals surface area contributed by atoms with Crippen LogP contribution < -0.4 is 0 Å². The highest BCUT2D eigenvalue weighted by Gasteiger charge is 2.08. The molecule has 24 heavy (non-hydrogen) atoms. The van der Waals surface area contributed by atoms with Crippen LogP contribution in [0.5, 0.6) is 0 Å². The smallest absolute Gasteiger partial charge is 0.0326 e. The first-order valence-corrected chi connectivity index (χ1v) is 11.0. The van der Waals surface area contributed by atoms with Gasteiger partial charge in [-0.3, -0.25) is 0 Å². The standard InChI is InChI=1S/C24H48/c1-20(2)12-8-14-22(5)16-10-18-24(7)19-11-17-23(6)15-9-13-21(3)4/h21-24H,1,8-19H2,2-7H3. The summed E-state index contributed by atoms with van der Waals surface area (Å²) >= 11 is 0. The van der Waals surface area contributed by atoms with Crippen molar-refractivity contribution < 1.29 is 0 Å². The van der Waals surface area contributed by atoms with Crippen molar-refractivity contribution in [3.8, 4) is 0 Å². The second kappa shape index (κ2) is 15.0. The third kappa shape index (κ3) is 16.6. The Balaban J connectivity index is 3.51. The van der Waals surface area contributed by atoms with Gasteiger partial charge in [-0.25, -0.2) is 0 Å². The lowest BCUT2D eigenvalue weighted by molar-refractivity contribution is 0.372. The molecule has 0 aromatic heterocycles. The minimum atomic E-state index is 0.875. The van der Waals surface area contributed by atoms with Gasteiger partial charge in [-0.1, -0.05) is 104 Å². The summed E-state index contributed by atoms with van der Waals surface area (Å²) in [6, 6.07) is 0. The van der Waals surface area contributed by atoms with Gasteiger partial charge in [0.15, 0.2) is 0 Å². The highest BCUT2D eigenvalue weighted by Crippen LogP contribution is 2.23. The first kappa shape index (κ1) is 23.7. The van der Waals surface area contributed by atoms with Crippen molar-refractivity contribution in [2.75, 3.05) is 0 Å². The second-order valence-electron chi connectivity index (χ2n) is 9.35. The van der Waals surface area contributed by atoms with Gasteiger partial charge in [0.2, 0.25) is 0 Å². The zero-order chi connectivity index (χ0) is 18.4. The molecule has 3 atom stereocenters. The first-order valence-electron chi connectivity index (χ1n) is 11.0. The zero-order valence-electron chi connectivity index (χ0n) is 18.0. The summed E-state index contributed by atoms with van der Waals surface area (Å²) in [4.78, 5) is 0. The third-order valence-electron chi connectivity index (χ3n) is 5.57. The molecule has 0 saturated heterocycles. The maximum Gasteiger partial charge on any atom is -0.0326 e. The first-order chi connectivity index (χ1) is 11.3. The lowest BCUT2D eigenvalue weighted by Gasteiger charge is -2.16. The molecule has 0 N–H and O–H groups in total. The molecule has 0 aliphatic carbocycles. The van der Waals surface area contributed by atoms with E-state index in [1.54, 1.807) is 0 Å². The highest BCUT2D eigenvalue weighted by atomic mass is 14.1. The average molecular weight is 337 g/mol. The Kier molecular flexibility index (Phi) is 14.9. The predicted molar refractivity (Wildman–Crippen MR) is 113 cm³/mol. The molecule has 0 nitrogen and oxygen atoms in total. The minimum absolute atomic E-state index is 0.875. The SMILES string of the molecule is C=C(C)CCCC(C)CCCC(C)CCCC(C)CCCC(C)C. The topological polar surface area (TPSA) is 0 Å². The normalized spacial score (nSPS) is 15.5. The molecular formula is C24H48. The summed E-state index contributed by atoms with van der Waals surface area (Å²) in [7, 11) is 0. The Labute approximate surface area is 154 Å². The molecule has 0 fully saturated rings. The van der Waals surface area contributed by atoms with Crippen LogP contribution in [-0.2, 0) is 0 Å². The Morgan fingerprint density at radius 2 is 0.917 bits per heavy atom. The van der Waals surface area contributed by atoms with Crippen molar-refractivity contribution in [2.45, 2.75) is 119 Å². The van der Waals surface area contributed by atoms with Crippen LogP contribution in [0.1, 0.15) is 119 Å². The van der Waals surface area contributed by atoms with Crippen LogP contribution >= 0.6 is 0 Å². The highest BCUT2D eigenvalue weighted by molar-refractivity contribution is 4.87. The monoisotopic (exact) mass is 336 g/mol. The van der Waals surface area contributed by atoms with Crippen LogP contribution in [0.2, 0.25) is 0 Å². The number of rotatable bonds is 16. The quantitative estimate of drug-likeness (QED) is 0.247. The predicted octanol–water partition coefficient (Wildman–Crippen LogP) is 8.81. The summed E-state index contributed by atoms with van der Waals surface area (Å²) in [5.41, 5.74) is 1.34. The van der Waals surface area contributed by atoms with E-state index in [9.17, 15) is 0 Å². The fourth-order valence-corrected chi connectivity index (χ4v) is 3.69. The second-order valence-corrected chi connectivity index (χ2v) is 9.35. The maximum atomic E-state index is 4.00. The van der Waals surface area contributed by atoms with Crippen molar-refractivity contribution in [1.82, 2.24) is 0 Å². The minimum Gasteiger partial charge on any atom is -0.100 e. The molecule has 0 saturated carbocycles. The van der Waals surface area contributed by atoms with Gasteiger partial charge < -0.3 is 0 Å².